The van der Waals surface area contributed by atoms with Crippen molar-refractivity contribution in [3.8, 4) is 0 Å². The molecule has 1 heterocycles. The lowest BCUT2D eigenvalue weighted by molar-refractivity contribution is -0.116. The predicted octanol–water partition coefficient (Wildman–Crippen LogP) is 3.41. The van der Waals surface area contributed by atoms with E-state index in [2.05, 4.69) is 16.3 Å². The molecule has 2 fully saturated rings. The Morgan fingerprint density at radius 3 is 2.52 bits per heavy atom. The minimum atomic E-state index is 0.134. The average Bonchev–Trinajstić information content (AvgIpc) is 2.54. The van der Waals surface area contributed by atoms with E-state index in [9.17, 15) is 9.90 Å². The maximum absolute atomic E-state index is 12.2. The molecule has 2 aliphatic rings. The molecule has 0 radical (unpaired) electrons. The van der Waals surface area contributed by atoms with Crippen LogP contribution in [0.2, 0.25) is 0 Å². The van der Waals surface area contributed by atoms with Gasteiger partial charge in [0.2, 0.25) is 5.91 Å². The van der Waals surface area contributed by atoms with Crippen LogP contribution in [0, 0.1) is 11.8 Å². The normalized spacial score (nSPS) is 19.4. The van der Waals surface area contributed by atoms with Crippen LogP contribution in [0.25, 0.3) is 0 Å². The Labute approximate surface area is 138 Å². The van der Waals surface area contributed by atoms with Gasteiger partial charge in [-0.15, -0.1) is 0 Å². The van der Waals surface area contributed by atoms with Crippen LogP contribution in [-0.4, -0.2) is 30.7 Å². The molecule has 4 nitrogen and oxygen atoms in total. The fourth-order valence-electron chi connectivity index (χ4n) is 3.54. The number of anilines is 2. The molecule has 0 atom stereocenters. The number of aliphatic hydroxyl groups excluding tert-OH is 1. The predicted molar refractivity (Wildman–Crippen MR) is 93.7 cm³/mol. The highest BCUT2D eigenvalue weighted by atomic mass is 16.3. The first kappa shape index (κ1) is 16.3. The van der Waals surface area contributed by atoms with Gasteiger partial charge in [0.05, 0.1) is 11.4 Å². The first-order valence-corrected chi connectivity index (χ1v) is 9.01. The Morgan fingerprint density at radius 1 is 1.13 bits per heavy atom. The summed E-state index contributed by atoms with van der Waals surface area (Å²) in [7, 11) is 0. The molecule has 1 amide bonds. The molecule has 0 unspecified atom stereocenters. The first-order chi connectivity index (χ1) is 11.3. The number of hydrogen-bond acceptors (Lipinski definition) is 3. The molecular weight excluding hydrogens is 288 g/mol. The molecule has 0 aromatic heterocycles. The van der Waals surface area contributed by atoms with Crippen molar-refractivity contribution in [3.63, 3.8) is 0 Å². The molecule has 2 N–H and O–H groups in total. The van der Waals surface area contributed by atoms with E-state index in [1.807, 2.05) is 18.2 Å². The third-order valence-corrected chi connectivity index (χ3v) is 5.40. The molecule has 1 aliphatic carbocycles. The Balaban J connectivity index is 1.57. The Kier molecular flexibility index (Phi) is 5.55. The number of rotatable bonds is 6. The van der Waals surface area contributed by atoms with Gasteiger partial charge >= 0.3 is 0 Å². The van der Waals surface area contributed by atoms with E-state index in [1.54, 1.807) is 0 Å². The molecule has 3 rings (SSSR count). The summed E-state index contributed by atoms with van der Waals surface area (Å²) in [6, 6.07) is 8.08. The van der Waals surface area contributed by atoms with Crippen LogP contribution in [-0.2, 0) is 4.79 Å². The standard InChI is InChI=1S/C19H28N2O2/c22-14-16-10-12-21(13-11-16)18-7-2-1-6-17(18)20-19(23)9-8-15-4-3-5-15/h1-2,6-7,15-16,22H,3-5,8-14H2,(H,20,23). The fraction of sp³-hybridized carbons (Fsp3) is 0.632. The number of nitrogens with one attached hydrogen (secondary N) is 1. The van der Waals surface area contributed by atoms with Crippen molar-refractivity contribution in [1.82, 2.24) is 0 Å². The van der Waals surface area contributed by atoms with Crippen LogP contribution in [0.4, 0.5) is 11.4 Å². The van der Waals surface area contributed by atoms with E-state index in [0.29, 0.717) is 12.3 Å². The third kappa shape index (κ3) is 4.25. The molecule has 1 saturated carbocycles. The van der Waals surface area contributed by atoms with Gasteiger partial charge in [-0.05, 0) is 43.2 Å². The summed E-state index contributed by atoms with van der Waals surface area (Å²) in [5.74, 6) is 1.33. The van der Waals surface area contributed by atoms with E-state index in [0.717, 1.165) is 49.6 Å². The molecule has 1 aromatic carbocycles. The SMILES string of the molecule is O=C(CCC1CCC1)Nc1ccccc1N1CCC(CO)CC1. The van der Waals surface area contributed by atoms with Crippen LogP contribution >= 0.6 is 0 Å². The summed E-state index contributed by atoms with van der Waals surface area (Å²) in [4.78, 5) is 14.6. The van der Waals surface area contributed by atoms with E-state index in [1.165, 1.54) is 19.3 Å². The number of hydrogen-bond donors (Lipinski definition) is 2. The molecule has 126 valence electrons. The van der Waals surface area contributed by atoms with Gasteiger partial charge in [0.15, 0.2) is 0 Å². The van der Waals surface area contributed by atoms with Crippen LogP contribution in [0.3, 0.4) is 0 Å². The van der Waals surface area contributed by atoms with Crippen molar-refractivity contribution < 1.29 is 9.90 Å². The maximum Gasteiger partial charge on any atom is 0.224 e. The zero-order chi connectivity index (χ0) is 16.1. The highest BCUT2D eigenvalue weighted by molar-refractivity contribution is 5.94. The Bertz CT molecular complexity index is 520. The van der Waals surface area contributed by atoms with Gasteiger partial charge in [-0.1, -0.05) is 31.4 Å². The van der Waals surface area contributed by atoms with Crippen molar-refractivity contribution in [2.24, 2.45) is 11.8 Å². The Morgan fingerprint density at radius 2 is 1.87 bits per heavy atom. The summed E-state index contributed by atoms with van der Waals surface area (Å²) in [6.07, 6.45) is 7.61. The van der Waals surface area contributed by atoms with Crippen molar-refractivity contribution in [3.05, 3.63) is 24.3 Å². The lowest BCUT2D eigenvalue weighted by atomic mass is 9.82. The van der Waals surface area contributed by atoms with E-state index >= 15 is 0 Å². The monoisotopic (exact) mass is 316 g/mol. The number of carbonyl (C=O) groups excluding carboxylic acids is 1. The molecular formula is C19H28N2O2. The van der Waals surface area contributed by atoms with Gasteiger partial charge < -0.3 is 15.3 Å². The van der Waals surface area contributed by atoms with Gasteiger partial charge in [0, 0.05) is 26.1 Å². The van der Waals surface area contributed by atoms with Crippen molar-refractivity contribution in [2.45, 2.75) is 44.9 Å². The highest BCUT2D eigenvalue weighted by Gasteiger charge is 2.22. The number of piperidine rings is 1. The summed E-state index contributed by atoms with van der Waals surface area (Å²) in [5, 5.41) is 12.4. The van der Waals surface area contributed by atoms with Gasteiger partial charge in [-0.3, -0.25) is 4.79 Å². The zero-order valence-corrected chi connectivity index (χ0v) is 13.8. The number of para-hydroxylation sites is 2. The largest absolute Gasteiger partial charge is 0.396 e. The fourth-order valence-corrected chi connectivity index (χ4v) is 3.54. The van der Waals surface area contributed by atoms with Crippen LogP contribution in [0.5, 0.6) is 0 Å². The van der Waals surface area contributed by atoms with Gasteiger partial charge in [-0.2, -0.15) is 0 Å². The van der Waals surface area contributed by atoms with Gasteiger partial charge in [-0.25, -0.2) is 0 Å². The molecule has 0 spiro atoms. The van der Waals surface area contributed by atoms with Crippen LogP contribution in [0.1, 0.15) is 44.9 Å². The summed E-state index contributed by atoms with van der Waals surface area (Å²) in [5.41, 5.74) is 2.04. The second kappa shape index (κ2) is 7.82. The molecule has 1 aromatic rings. The smallest absolute Gasteiger partial charge is 0.224 e. The summed E-state index contributed by atoms with van der Waals surface area (Å²) >= 11 is 0. The lowest BCUT2D eigenvalue weighted by Gasteiger charge is -2.34. The second-order valence-electron chi connectivity index (χ2n) is 7.01. The van der Waals surface area contributed by atoms with Crippen LogP contribution in [0.15, 0.2) is 24.3 Å². The maximum atomic E-state index is 12.2. The topological polar surface area (TPSA) is 52.6 Å². The number of aliphatic hydroxyl groups is 1. The summed E-state index contributed by atoms with van der Waals surface area (Å²) in [6.45, 7) is 2.17. The lowest BCUT2D eigenvalue weighted by Crippen LogP contribution is -2.35. The molecule has 4 heteroatoms. The van der Waals surface area contributed by atoms with Crippen molar-refractivity contribution in [2.75, 3.05) is 29.9 Å². The summed E-state index contributed by atoms with van der Waals surface area (Å²) < 4.78 is 0. The van der Waals surface area contributed by atoms with E-state index < -0.39 is 0 Å². The molecule has 23 heavy (non-hydrogen) atoms. The minimum Gasteiger partial charge on any atom is -0.396 e. The number of nitrogens with zero attached hydrogens (tertiary/aromatic N) is 1. The third-order valence-electron chi connectivity index (χ3n) is 5.40. The van der Waals surface area contributed by atoms with E-state index in [4.69, 9.17) is 0 Å². The van der Waals surface area contributed by atoms with Crippen LogP contribution < -0.4 is 10.2 Å². The zero-order valence-electron chi connectivity index (χ0n) is 13.8. The van der Waals surface area contributed by atoms with Gasteiger partial charge in [0.1, 0.15) is 0 Å². The molecule has 1 saturated heterocycles. The van der Waals surface area contributed by atoms with Crippen molar-refractivity contribution >= 4 is 17.3 Å². The van der Waals surface area contributed by atoms with Crippen molar-refractivity contribution in [1.29, 1.82) is 0 Å². The quantitative estimate of drug-likeness (QED) is 0.845. The second-order valence-corrected chi connectivity index (χ2v) is 7.01. The first-order valence-electron chi connectivity index (χ1n) is 9.01. The number of carbonyl (C=O) groups is 1. The molecule has 0 bridgehead atoms. The number of benzene rings is 1. The Hall–Kier alpha value is -1.55. The molecule has 1 aliphatic heterocycles. The number of amides is 1. The van der Waals surface area contributed by atoms with Gasteiger partial charge in [0.25, 0.3) is 0 Å². The van der Waals surface area contributed by atoms with E-state index in [-0.39, 0.29) is 12.5 Å². The average molecular weight is 316 g/mol. The minimum absolute atomic E-state index is 0.134. The highest BCUT2D eigenvalue weighted by Crippen LogP contribution is 2.32.